The van der Waals surface area contributed by atoms with Crippen molar-refractivity contribution in [3.05, 3.63) is 36.0 Å². The first kappa shape index (κ1) is 21.0. The number of carbonyl (C=O) groups excluding carboxylic acids is 1. The van der Waals surface area contributed by atoms with Crippen LogP contribution in [-0.4, -0.2) is 47.0 Å². The third-order valence-corrected chi connectivity index (χ3v) is 5.62. The predicted molar refractivity (Wildman–Crippen MR) is 110 cm³/mol. The lowest BCUT2D eigenvalue weighted by Gasteiger charge is -2.35. The molecule has 2 aromatic rings. The van der Waals surface area contributed by atoms with Gasteiger partial charge < -0.3 is 20.9 Å². The van der Waals surface area contributed by atoms with E-state index in [0.29, 0.717) is 12.5 Å². The lowest BCUT2D eigenvalue weighted by Crippen LogP contribution is -2.51. The molecule has 3 atom stereocenters. The van der Waals surface area contributed by atoms with Crippen LogP contribution in [-0.2, 0) is 11.2 Å². The van der Waals surface area contributed by atoms with E-state index in [4.69, 9.17) is 5.73 Å². The summed E-state index contributed by atoms with van der Waals surface area (Å²) < 4.78 is 0. The summed E-state index contributed by atoms with van der Waals surface area (Å²) in [6.45, 7) is 2.33. The Labute approximate surface area is 166 Å². The molecule has 5 nitrogen and oxygen atoms in total. The molecule has 0 saturated carbocycles. The van der Waals surface area contributed by atoms with Gasteiger partial charge in [-0.05, 0) is 50.3 Å². The summed E-state index contributed by atoms with van der Waals surface area (Å²) >= 11 is 0. The first-order chi connectivity index (χ1) is 11.7. The second-order valence-corrected chi connectivity index (χ2v) is 7.23. The maximum absolute atomic E-state index is 12.5. The average Bonchev–Trinajstić information content (AvgIpc) is 3.21. The van der Waals surface area contributed by atoms with Crippen LogP contribution in [0, 0.1) is 0 Å². The van der Waals surface area contributed by atoms with Crippen molar-refractivity contribution in [2.75, 3.05) is 13.1 Å². The minimum absolute atomic E-state index is 0. The van der Waals surface area contributed by atoms with Gasteiger partial charge in [-0.2, -0.15) is 0 Å². The number of fused-ring (bicyclic) bond motifs is 2. The third kappa shape index (κ3) is 4.34. The SMILES string of the molecule is Cl.Cl.N[C@@H](Cc1c[nH]c2ccccc12)C(=O)NC1CCN2CCCC2C1. The van der Waals surface area contributed by atoms with Gasteiger partial charge in [-0.25, -0.2) is 0 Å². The van der Waals surface area contributed by atoms with Crippen molar-refractivity contribution in [3.8, 4) is 0 Å². The topological polar surface area (TPSA) is 74.1 Å². The molecule has 3 heterocycles. The molecule has 2 aliphatic heterocycles. The van der Waals surface area contributed by atoms with E-state index in [9.17, 15) is 4.79 Å². The maximum Gasteiger partial charge on any atom is 0.237 e. The van der Waals surface area contributed by atoms with Crippen molar-refractivity contribution in [2.45, 2.75) is 50.2 Å². The first-order valence-electron chi connectivity index (χ1n) is 9.05. The van der Waals surface area contributed by atoms with Gasteiger partial charge in [0.2, 0.25) is 5.91 Å². The Hall–Kier alpha value is -1.27. The number of amides is 1. The van der Waals surface area contributed by atoms with Crippen LogP contribution in [0.4, 0.5) is 0 Å². The first-order valence-corrected chi connectivity index (χ1v) is 9.05. The fourth-order valence-corrected chi connectivity index (χ4v) is 4.29. The lowest BCUT2D eigenvalue weighted by atomic mass is 9.97. The molecule has 4 rings (SSSR count). The molecule has 4 N–H and O–H groups in total. The number of halogens is 2. The van der Waals surface area contributed by atoms with Gasteiger partial charge in [-0.3, -0.25) is 4.79 Å². The Morgan fingerprint density at radius 2 is 2.08 bits per heavy atom. The minimum Gasteiger partial charge on any atom is -0.361 e. The molecule has 144 valence electrons. The minimum atomic E-state index is -0.495. The zero-order valence-electron chi connectivity index (χ0n) is 14.8. The Morgan fingerprint density at radius 3 is 2.92 bits per heavy atom. The normalized spacial score (nSPS) is 23.6. The molecule has 7 heteroatoms. The Bertz CT molecular complexity index is 735. The summed E-state index contributed by atoms with van der Waals surface area (Å²) in [6.07, 6.45) is 7.22. The van der Waals surface area contributed by atoms with E-state index in [1.165, 1.54) is 19.4 Å². The summed E-state index contributed by atoms with van der Waals surface area (Å²) in [6, 6.07) is 8.58. The van der Waals surface area contributed by atoms with Gasteiger partial charge in [-0.15, -0.1) is 24.8 Å². The average molecular weight is 399 g/mol. The maximum atomic E-state index is 12.5. The number of hydrogen-bond acceptors (Lipinski definition) is 3. The molecule has 0 spiro atoms. The van der Waals surface area contributed by atoms with Crippen molar-refractivity contribution >= 4 is 41.6 Å². The van der Waals surface area contributed by atoms with Gasteiger partial charge >= 0.3 is 0 Å². The largest absolute Gasteiger partial charge is 0.361 e. The number of piperidine rings is 1. The molecule has 26 heavy (non-hydrogen) atoms. The van der Waals surface area contributed by atoms with Crippen LogP contribution in [0.1, 0.15) is 31.2 Å². The zero-order valence-corrected chi connectivity index (χ0v) is 16.5. The van der Waals surface area contributed by atoms with E-state index >= 15 is 0 Å². The van der Waals surface area contributed by atoms with Crippen LogP contribution < -0.4 is 11.1 Å². The van der Waals surface area contributed by atoms with Crippen LogP contribution in [0.3, 0.4) is 0 Å². The predicted octanol–water partition coefficient (Wildman–Crippen LogP) is 2.62. The standard InChI is InChI=1S/C19H26N4O.2ClH/c20-17(10-13-12-21-18-6-2-1-5-16(13)18)19(24)22-14-7-9-23-8-3-4-15(23)11-14;;/h1-2,5-6,12,14-15,17,21H,3-4,7-11,20H2,(H,22,24);2*1H/t14?,15?,17-;;/m0../s1. The number of para-hydroxylation sites is 1. The van der Waals surface area contributed by atoms with Gasteiger partial charge in [0.05, 0.1) is 6.04 Å². The third-order valence-electron chi connectivity index (χ3n) is 5.62. The van der Waals surface area contributed by atoms with Crippen molar-refractivity contribution in [1.29, 1.82) is 0 Å². The molecule has 1 aromatic carbocycles. The molecule has 2 fully saturated rings. The number of aromatic nitrogens is 1. The molecule has 1 aromatic heterocycles. The van der Waals surface area contributed by atoms with Gasteiger partial charge in [-0.1, -0.05) is 18.2 Å². The number of rotatable bonds is 4. The highest BCUT2D eigenvalue weighted by molar-refractivity contribution is 5.86. The van der Waals surface area contributed by atoms with E-state index < -0.39 is 6.04 Å². The summed E-state index contributed by atoms with van der Waals surface area (Å²) in [5.74, 6) is -0.0169. The number of nitrogens with zero attached hydrogens (tertiary/aromatic N) is 1. The lowest BCUT2D eigenvalue weighted by molar-refractivity contribution is -0.123. The molecule has 1 amide bonds. The fraction of sp³-hybridized carbons (Fsp3) is 0.526. The number of carbonyl (C=O) groups is 1. The van der Waals surface area contributed by atoms with E-state index in [1.807, 2.05) is 24.4 Å². The number of benzene rings is 1. The Morgan fingerprint density at radius 1 is 1.27 bits per heavy atom. The van der Waals surface area contributed by atoms with Crippen LogP contribution in [0.15, 0.2) is 30.5 Å². The molecule has 2 aliphatic rings. The monoisotopic (exact) mass is 398 g/mol. The van der Waals surface area contributed by atoms with Crippen LogP contribution >= 0.6 is 24.8 Å². The highest BCUT2D eigenvalue weighted by atomic mass is 35.5. The van der Waals surface area contributed by atoms with E-state index in [-0.39, 0.29) is 36.8 Å². The van der Waals surface area contributed by atoms with Gasteiger partial charge in [0.15, 0.2) is 0 Å². The van der Waals surface area contributed by atoms with Crippen LogP contribution in [0.2, 0.25) is 0 Å². The molecule has 0 aliphatic carbocycles. The smallest absolute Gasteiger partial charge is 0.237 e. The molecular weight excluding hydrogens is 371 g/mol. The highest BCUT2D eigenvalue weighted by Gasteiger charge is 2.32. The van der Waals surface area contributed by atoms with Crippen LogP contribution in [0.5, 0.6) is 0 Å². The summed E-state index contributed by atoms with van der Waals surface area (Å²) in [5.41, 5.74) is 8.39. The summed E-state index contributed by atoms with van der Waals surface area (Å²) in [7, 11) is 0. The number of nitrogens with two attached hydrogens (primary N) is 1. The fourth-order valence-electron chi connectivity index (χ4n) is 4.29. The number of aromatic amines is 1. The number of hydrogen-bond donors (Lipinski definition) is 3. The van der Waals surface area contributed by atoms with Crippen molar-refractivity contribution < 1.29 is 4.79 Å². The molecule has 0 radical (unpaired) electrons. The number of nitrogens with one attached hydrogen (secondary N) is 2. The summed E-state index contributed by atoms with van der Waals surface area (Å²) in [5, 5.41) is 4.34. The molecular formula is C19H28Cl2N4O. The highest BCUT2D eigenvalue weighted by Crippen LogP contribution is 2.27. The van der Waals surface area contributed by atoms with Gasteiger partial charge in [0.1, 0.15) is 0 Å². The van der Waals surface area contributed by atoms with Crippen LogP contribution in [0.25, 0.3) is 10.9 Å². The molecule has 2 unspecified atom stereocenters. The Kier molecular flexibility index (Phi) is 7.35. The van der Waals surface area contributed by atoms with Gasteiger partial charge in [0, 0.05) is 35.7 Å². The van der Waals surface area contributed by atoms with Crippen molar-refractivity contribution in [1.82, 2.24) is 15.2 Å². The Balaban J connectivity index is 0.00000121. The summed E-state index contributed by atoms with van der Waals surface area (Å²) in [4.78, 5) is 18.3. The second-order valence-electron chi connectivity index (χ2n) is 7.23. The quantitative estimate of drug-likeness (QED) is 0.740. The zero-order chi connectivity index (χ0) is 16.5. The number of H-pyrrole nitrogens is 1. The van der Waals surface area contributed by atoms with E-state index in [2.05, 4.69) is 21.3 Å². The molecule has 2 saturated heterocycles. The second kappa shape index (κ2) is 9.09. The van der Waals surface area contributed by atoms with E-state index in [0.717, 1.165) is 35.9 Å². The van der Waals surface area contributed by atoms with E-state index in [1.54, 1.807) is 0 Å². The van der Waals surface area contributed by atoms with Gasteiger partial charge in [0.25, 0.3) is 0 Å². The van der Waals surface area contributed by atoms with Crippen molar-refractivity contribution in [2.24, 2.45) is 5.73 Å². The van der Waals surface area contributed by atoms with Crippen molar-refractivity contribution in [3.63, 3.8) is 0 Å². The molecule has 0 bridgehead atoms.